The predicted octanol–water partition coefficient (Wildman–Crippen LogP) is 1.83. The van der Waals surface area contributed by atoms with Crippen LogP contribution in [0.15, 0.2) is 11.1 Å². The van der Waals surface area contributed by atoms with Gasteiger partial charge >= 0.3 is 0 Å². The van der Waals surface area contributed by atoms with Gasteiger partial charge in [-0.05, 0) is 118 Å². The van der Waals surface area contributed by atoms with Crippen LogP contribution in [0.2, 0.25) is 0 Å². The lowest BCUT2D eigenvalue weighted by Gasteiger charge is -2.71. The fraction of sp³-hybridized carbons (Fsp3) is 0.864. The lowest BCUT2D eigenvalue weighted by Crippen LogP contribution is -2.72. The third kappa shape index (κ3) is 4.81. The number of piperidine rings is 1. The van der Waals surface area contributed by atoms with Gasteiger partial charge in [-0.2, -0.15) is 0 Å². The SMILES string of the molecule is COCCCOC1CCC2(C)C(C1)C(=O)C1=C3C4(O)C(CC1)CC1C(C)(O)C(O)C5OC6C(O)NC(CC6C5CO)C(=O)N5CC5CC#CC32C2CCCC14C2. The lowest BCUT2D eigenvalue weighted by atomic mass is 9.32. The molecule has 1 amide bonds. The number of Topliss-reactive ketones (excluding diaryl/α,β-unsaturated/α-hetero) is 1. The van der Waals surface area contributed by atoms with Crippen molar-refractivity contribution >= 4 is 11.7 Å². The number of carbonyl (C=O) groups excluding carboxylic acids is 2. The molecule has 2 spiro atoms. The Morgan fingerprint density at radius 3 is 2.62 bits per heavy atom. The lowest BCUT2D eigenvalue weighted by molar-refractivity contribution is -0.232. The average Bonchev–Trinajstić information content (AvgIpc) is 3.78. The second-order valence-electron chi connectivity index (χ2n) is 20.1. The number of ketones is 1. The molecule has 7 fully saturated rings. The van der Waals surface area contributed by atoms with E-state index in [0.29, 0.717) is 71.1 Å². The zero-order valence-corrected chi connectivity index (χ0v) is 33.3. The van der Waals surface area contributed by atoms with Crippen LogP contribution in [-0.2, 0) is 23.8 Å². The Morgan fingerprint density at radius 1 is 1.02 bits per heavy atom. The minimum Gasteiger partial charge on any atom is -0.396 e. The maximum Gasteiger partial charge on any atom is 0.240 e. The number of hydrogen-bond donors (Lipinski definition) is 6. The minimum atomic E-state index is -1.75. The Hall–Kier alpha value is -1.92. The summed E-state index contributed by atoms with van der Waals surface area (Å²) in [5.74, 6) is 5.52. The van der Waals surface area contributed by atoms with E-state index >= 15 is 4.79 Å². The molecule has 308 valence electrons. The molecule has 0 aromatic heterocycles. The third-order valence-corrected chi connectivity index (χ3v) is 18.0. The highest BCUT2D eigenvalue weighted by atomic mass is 16.5. The van der Waals surface area contributed by atoms with Crippen LogP contribution < -0.4 is 5.32 Å². The highest BCUT2D eigenvalue weighted by molar-refractivity contribution is 6.01. The maximum atomic E-state index is 15.2. The van der Waals surface area contributed by atoms with E-state index in [2.05, 4.69) is 24.1 Å². The summed E-state index contributed by atoms with van der Waals surface area (Å²) < 4.78 is 18.1. The Morgan fingerprint density at radius 2 is 1.84 bits per heavy atom. The standard InChI is InChI=1S/C44H62N2O10/c1-40-14-11-26(55-16-6-15-54-3)18-30(40)33(48)27-10-9-23-17-32-41(2,52)37(49)34-29(22-47)28-19-31(45-38(50)35(28)56-34)39(51)46-21-25(46)8-5-13-43(40)24-7-4-12-42(32,20-24)44(23,53)36(27)43/h23-26,28-32,34-35,37-38,45,47,49-50,52-53H,4,6-12,14-22H2,1-3H3. The number of methoxy groups -OCH3 is 1. The largest absolute Gasteiger partial charge is 0.396 e. The number of aliphatic hydroxyl groups excluding tert-OH is 3. The first kappa shape index (κ1) is 38.3. The van der Waals surface area contributed by atoms with Crippen molar-refractivity contribution in [1.29, 1.82) is 0 Å². The van der Waals surface area contributed by atoms with Crippen molar-refractivity contribution in [3.8, 4) is 11.8 Å². The average molecular weight is 779 g/mol. The smallest absolute Gasteiger partial charge is 0.240 e. The molecular formula is C44H62N2O10. The topological polar surface area (TPSA) is 178 Å². The zero-order chi connectivity index (χ0) is 39.2. The molecule has 6 N–H and O–H groups in total. The highest BCUT2D eigenvalue weighted by Crippen LogP contribution is 2.81. The summed E-state index contributed by atoms with van der Waals surface area (Å²) >= 11 is 0. The minimum absolute atomic E-state index is 0.0180. The second kappa shape index (κ2) is 13.0. The molecule has 5 heterocycles. The van der Waals surface area contributed by atoms with Crippen molar-refractivity contribution < 1.29 is 49.3 Å². The highest BCUT2D eigenvalue weighted by Gasteiger charge is 2.81. The molecule has 0 aromatic carbocycles. The molecule has 12 nitrogen and oxygen atoms in total. The first-order valence-corrected chi connectivity index (χ1v) is 21.8. The maximum absolute atomic E-state index is 15.2. The number of rotatable bonds is 6. The van der Waals surface area contributed by atoms with Gasteiger partial charge in [-0.15, -0.1) is 5.92 Å². The van der Waals surface area contributed by atoms with Gasteiger partial charge in [-0.1, -0.05) is 19.3 Å². The Balaban J connectivity index is 1.13. The molecule has 18 atom stereocenters. The summed E-state index contributed by atoms with van der Waals surface area (Å²) in [4.78, 5) is 30.9. The van der Waals surface area contributed by atoms with Crippen LogP contribution in [0.25, 0.3) is 0 Å². The summed E-state index contributed by atoms with van der Waals surface area (Å²) in [7, 11) is 1.69. The van der Waals surface area contributed by atoms with Crippen LogP contribution in [0.1, 0.15) is 97.3 Å². The first-order chi connectivity index (χ1) is 26.8. The number of allylic oxidation sites excluding steroid dienone is 1. The van der Waals surface area contributed by atoms with Crippen molar-refractivity contribution in [2.75, 3.05) is 33.5 Å². The van der Waals surface area contributed by atoms with E-state index in [4.69, 9.17) is 14.2 Å². The summed E-state index contributed by atoms with van der Waals surface area (Å²) in [6.45, 7) is 5.36. The van der Waals surface area contributed by atoms with E-state index in [-0.39, 0.29) is 48.2 Å². The van der Waals surface area contributed by atoms with Crippen LogP contribution >= 0.6 is 0 Å². The fourth-order valence-electron chi connectivity index (χ4n) is 15.5. The van der Waals surface area contributed by atoms with E-state index < -0.39 is 75.8 Å². The van der Waals surface area contributed by atoms with Gasteiger partial charge in [-0.25, -0.2) is 0 Å². The van der Waals surface area contributed by atoms with Crippen LogP contribution in [0.4, 0.5) is 0 Å². The van der Waals surface area contributed by atoms with Crippen molar-refractivity contribution in [3.63, 3.8) is 0 Å². The van der Waals surface area contributed by atoms with Crippen LogP contribution in [-0.4, -0.2) is 130 Å². The summed E-state index contributed by atoms with van der Waals surface area (Å²) in [6.07, 6.45) is 3.97. The van der Waals surface area contributed by atoms with E-state index in [1.54, 1.807) is 14.0 Å². The number of fused-ring (bicyclic) bond motifs is 3. The van der Waals surface area contributed by atoms with Crippen LogP contribution in [0, 0.1) is 63.6 Å². The third-order valence-electron chi connectivity index (χ3n) is 18.0. The monoisotopic (exact) mass is 778 g/mol. The number of carbonyl (C=O) groups is 2. The van der Waals surface area contributed by atoms with Gasteiger partial charge in [-0.3, -0.25) is 14.9 Å². The molecule has 0 radical (unpaired) electrons. The first-order valence-electron chi connectivity index (χ1n) is 21.8. The van der Waals surface area contributed by atoms with Crippen LogP contribution in [0.5, 0.6) is 0 Å². The molecule has 8 bridgehead atoms. The second-order valence-corrected chi connectivity index (χ2v) is 20.1. The molecule has 0 aromatic rings. The normalized spacial score (nSPS) is 53.9. The van der Waals surface area contributed by atoms with Gasteiger partial charge in [0, 0.05) is 57.1 Å². The molecule has 4 saturated carbocycles. The molecule has 6 aliphatic carbocycles. The number of ether oxygens (including phenoxy) is 3. The van der Waals surface area contributed by atoms with Gasteiger partial charge in [0.25, 0.3) is 0 Å². The molecule has 12 heteroatoms. The van der Waals surface area contributed by atoms with E-state index in [1.807, 2.05) is 4.90 Å². The molecular weight excluding hydrogens is 716 g/mol. The number of nitrogens with one attached hydrogen (secondary N) is 1. The van der Waals surface area contributed by atoms with Crippen molar-refractivity contribution in [1.82, 2.24) is 10.2 Å². The number of aliphatic hydroxyl groups is 5. The van der Waals surface area contributed by atoms with Gasteiger partial charge in [0.05, 0.1) is 40.9 Å². The van der Waals surface area contributed by atoms with Gasteiger partial charge < -0.3 is 44.6 Å². The Bertz CT molecular complexity index is 1760. The number of nitrogens with zero attached hydrogens (tertiary/aromatic N) is 1. The van der Waals surface area contributed by atoms with Crippen molar-refractivity contribution in [2.45, 2.75) is 151 Å². The van der Waals surface area contributed by atoms with Crippen molar-refractivity contribution in [2.24, 2.45) is 51.8 Å². The van der Waals surface area contributed by atoms with Gasteiger partial charge in [0.2, 0.25) is 5.91 Å². The van der Waals surface area contributed by atoms with E-state index in [1.165, 1.54) is 0 Å². The van der Waals surface area contributed by atoms with Crippen molar-refractivity contribution in [3.05, 3.63) is 11.1 Å². The molecule has 11 aliphatic rings. The predicted molar refractivity (Wildman–Crippen MR) is 201 cm³/mol. The number of hydrogen-bond acceptors (Lipinski definition) is 11. The molecule has 18 unspecified atom stereocenters. The summed E-state index contributed by atoms with van der Waals surface area (Å²) in [6, 6.07) is -0.761. The molecule has 11 rings (SSSR count). The summed E-state index contributed by atoms with van der Waals surface area (Å²) in [5, 5.41) is 64.6. The molecule has 5 aliphatic heterocycles. The fourth-order valence-corrected chi connectivity index (χ4v) is 15.5. The van der Waals surface area contributed by atoms with E-state index in [9.17, 15) is 30.3 Å². The molecule has 3 saturated heterocycles. The Kier molecular flexibility index (Phi) is 8.92. The zero-order valence-electron chi connectivity index (χ0n) is 33.3. The van der Waals surface area contributed by atoms with E-state index in [0.717, 1.165) is 43.3 Å². The Labute approximate surface area is 330 Å². The molecule has 56 heavy (non-hydrogen) atoms. The quantitative estimate of drug-likeness (QED) is 0.132. The van der Waals surface area contributed by atoms with Gasteiger partial charge in [0.15, 0.2) is 5.78 Å². The number of amides is 1. The van der Waals surface area contributed by atoms with Crippen LogP contribution in [0.3, 0.4) is 0 Å². The van der Waals surface area contributed by atoms with Gasteiger partial charge in [0.1, 0.15) is 18.4 Å². The summed E-state index contributed by atoms with van der Waals surface area (Å²) in [5.41, 5.74) is -3.72.